The predicted molar refractivity (Wildman–Crippen MR) is 47.1 cm³/mol. The summed E-state index contributed by atoms with van der Waals surface area (Å²) in [6.07, 6.45) is 4.05. The fourth-order valence-corrected chi connectivity index (χ4v) is 1.82. The first kappa shape index (κ1) is 9.97. The van der Waals surface area contributed by atoms with Crippen molar-refractivity contribution in [3.63, 3.8) is 0 Å². The minimum absolute atomic E-state index is 0.240. The van der Waals surface area contributed by atoms with Crippen LogP contribution in [0.5, 0.6) is 0 Å². The predicted octanol–water partition coefficient (Wildman–Crippen LogP) is 3.24. The van der Waals surface area contributed by atoms with E-state index in [9.17, 15) is 0 Å². The number of nitriles is 1. The minimum atomic E-state index is -0.240. The fraction of sp³-hybridized carbons (Fsp3) is 0.875. The monoisotopic (exact) mass is 203 g/mol. The lowest BCUT2D eigenvalue weighted by atomic mass is 10.0. The molecule has 0 aliphatic heterocycles. The van der Waals surface area contributed by atoms with E-state index in [1.807, 2.05) is 0 Å². The summed E-state index contributed by atoms with van der Waals surface area (Å²) in [5.41, 5.74) is 0. The summed E-state index contributed by atoms with van der Waals surface area (Å²) in [4.78, 5) is 0. The van der Waals surface area contributed by atoms with Crippen LogP contribution in [-0.4, -0.2) is 4.32 Å². The molecule has 0 fully saturated rings. The van der Waals surface area contributed by atoms with Gasteiger partial charge in [0, 0.05) is 0 Å². The van der Waals surface area contributed by atoms with E-state index in [4.69, 9.17) is 5.26 Å². The summed E-state index contributed by atoms with van der Waals surface area (Å²) in [6.45, 7) is 4.20. The van der Waals surface area contributed by atoms with Crippen LogP contribution < -0.4 is 0 Å². The summed E-state index contributed by atoms with van der Waals surface area (Å²) in [5, 5.41) is 8.75. The molecule has 0 aromatic heterocycles. The quantitative estimate of drug-likeness (QED) is 0.645. The van der Waals surface area contributed by atoms with Gasteiger partial charge < -0.3 is 0 Å². The summed E-state index contributed by atoms with van der Waals surface area (Å²) in [7, 11) is 0. The van der Waals surface area contributed by atoms with Gasteiger partial charge in [0.05, 0.1) is 6.07 Å². The van der Waals surface area contributed by atoms with Crippen LogP contribution >= 0.6 is 15.9 Å². The Bertz CT molecular complexity index is 120. The minimum Gasteiger partial charge on any atom is -0.197 e. The Kier molecular flexibility index (Phi) is 4.72. The maximum absolute atomic E-state index is 8.75. The Balaban J connectivity index is 3.85. The molecule has 0 atom stereocenters. The largest absolute Gasteiger partial charge is 0.197 e. The van der Waals surface area contributed by atoms with Gasteiger partial charge in [-0.15, -0.1) is 0 Å². The molecule has 0 amide bonds. The van der Waals surface area contributed by atoms with Crippen molar-refractivity contribution in [2.75, 3.05) is 0 Å². The molecule has 0 aliphatic rings. The Morgan fingerprint density at radius 1 is 1.30 bits per heavy atom. The van der Waals surface area contributed by atoms with E-state index in [0.717, 1.165) is 25.7 Å². The van der Waals surface area contributed by atoms with Gasteiger partial charge in [-0.3, -0.25) is 0 Å². The zero-order chi connectivity index (χ0) is 8.04. The third-order valence-corrected chi connectivity index (χ3v) is 2.46. The van der Waals surface area contributed by atoms with Crippen LogP contribution in [0.2, 0.25) is 0 Å². The molecule has 0 bridgehead atoms. The van der Waals surface area contributed by atoms with Gasteiger partial charge in [0.2, 0.25) is 0 Å². The van der Waals surface area contributed by atoms with Crippen molar-refractivity contribution >= 4 is 15.9 Å². The molecule has 0 aromatic carbocycles. The van der Waals surface area contributed by atoms with Gasteiger partial charge in [-0.05, 0) is 12.8 Å². The van der Waals surface area contributed by atoms with Gasteiger partial charge in [0.25, 0.3) is 0 Å². The second kappa shape index (κ2) is 4.73. The molecular weight excluding hydrogens is 190 g/mol. The molecule has 0 aromatic rings. The number of nitrogens with zero attached hydrogens (tertiary/aromatic N) is 1. The molecule has 0 N–H and O–H groups in total. The Hall–Kier alpha value is -0.0300. The van der Waals surface area contributed by atoms with Crippen molar-refractivity contribution in [3.8, 4) is 6.07 Å². The summed E-state index contributed by atoms with van der Waals surface area (Å²) < 4.78 is -0.240. The molecule has 0 saturated carbocycles. The Labute approximate surface area is 71.6 Å². The number of halogens is 1. The highest BCUT2D eigenvalue weighted by Gasteiger charge is 2.23. The van der Waals surface area contributed by atoms with Gasteiger partial charge in [0.1, 0.15) is 4.32 Å². The molecule has 0 spiro atoms. The van der Waals surface area contributed by atoms with Gasteiger partial charge in [0.15, 0.2) is 0 Å². The smallest absolute Gasteiger partial charge is 0.112 e. The van der Waals surface area contributed by atoms with Gasteiger partial charge in [-0.2, -0.15) is 5.26 Å². The summed E-state index contributed by atoms with van der Waals surface area (Å²) in [5.74, 6) is 0. The van der Waals surface area contributed by atoms with Crippen LogP contribution in [0.15, 0.2) is 0 Å². The van der Waals surface area contributed by atoms with E-state index in [1.54, 1.807) is 0 Å². The summed E-state index contributed by atoms with van der Waals surface area (Å²) in [6, 6.07) is 2.30. The number of alkyl halides is 1. The lowest BCUT2D eigenvalue weighted by Gasteiger charge is -2.16. The zero-order valence-corrected chi connectivity index (χ0v) is 8.24. The van der Waals surface area contributed by atoms with E-state index >= 15 is 0 Å². The second-order valence-corrected chi connectivity index (χ2v) is 4.10. The van der Waals surface area contributed by atoms with E-state index in [0.29, 0.717) is 0 Å². The van der Waals surface area contributed by atoms with Crippen LogP contribution in [-0.2, 0) is 0 Å². The molecule has 10 heavy (non-hydrogen) atoms. The summed E-state index contributed by atoms with van der Waals surface area (Å²) >= 11 is 3.44. The normalized spacial score (nSPS) is 11.0. The lowest BCUT2D eigenvalue weighted by molar-refractivity contribution is 0.595. The van der Waals surface area contributed by atoms with Crippen LogP contribution in [0.4, 0.5) is 0 Å². The highest BCUT2D eigenvalue weighted by molar-refractivity contribution is 9.10. The van der Waals surface area contributed by atoms with Crippen molar-refractivity contribution in [1.82, 2.24) is 0 Å². The number of rotatable bonds is 4. The SMILES string of the molecule is CCCC(Br)(C#N)CCC. The van der Waals surface area contributed by atoms with E-state index in [2.05, 4.69) is 35.8 Å². The number of hydrogen-bond acceptors (Lipinski definition) is 1. The molecule has 0 heterocycles. The molecule has 0 radical (unpaired) electrons. The fourth-order valence-electron chi connectivity index (χ4n) is 1.03. The van der Waals surface area contributed by atoms with Crippen LogP contribution in [0.25, 0.3) is 0 Å². The third kappa shape index (κ3) is 3.22. The van der Waals surface area contributed by atoms with Crippen LogP contribution in [0, 0.1) is 11.3 Å². The average Bonchev–Trinajstić information content (AvgIpc) is 1.89. The standard InChI is InChI=1S/C8H14BrN/c1-3-5-8(9,7-10)6-4-2/h3-6H2,1-2H3. The number of hydrogen-bond donors (Lipinski definition) is 0. The molecule has 0 unspecified atom stereocenters. The molecule has 0 rings (SSSR count). The second-order valence-electron chi connectivity index (χ2n) is 2.58. The highest BCUT2D eigenvalue weighted by atomic mass is 79.9. The zero-order valence-electron chi connectivity index (χ0n) is 6.65. The topological polar surface area (TPSA) is 23.8 Å². The molecule has 2 heteroatoms. The molecule has 58 valence electrons. The highest BCUT2D eigenvalue weighted by Crippen LogP contribution is 2.28. The van der Waals surface area contributed by atoms with Crippen molar-refractivity contribution in [2.24, 2.45) is 0 Å². The van der Waals surface area contributed by atoms with Crippen LogP contribution in [0.3, 0.4) is 0 Å². The molecule has 0 saturated heterocycles. The van der Waals surface area contributed by atoms with Gasteiger partial charge in [-0.1, -0.05) is 42.6 Å². The maximum atomic E-state index is 8.75. The average molecular weight is 204 g/mol. The van der Waals surface area contributed by atoms with Crippen LogP contribution in [0.1, 0.15) is 39.5 Å². The Morgan fingerprint density at radius 2 is 1.70 bits per heavy atom. The third-order valence-electron chi connectivity index (χ3n) is 1.49. The van der Waals surface area contributed by atoms with Crippen molar-refractivity contribution in [3.05, 3.63) is 0 Å². The van der Waals surface area contributed by atoms with Gasteiger partial charge >= 0.3 is 0 Å². The molecule has 1 nitrogen and oxygen atoms in total. The molecule has 0 aliphatic carbocycles. The van der Waals surface area contributed by atoms with Gasteiger partial charge in [-0.25, -0.2) is 0 Å². The Morgan fingerprint density at radius 3 is 1.90 bits per heavy atom. The first-order chi connectivity index (χ1) is 4.68. The molecular formula is C8H14BrN. The first-order valence-electron chi connectivity index (χ1n) is 3.78. The first-order valence-corrected chi connectivity index (χ1v) is 4.58. The van der Waals surface area contributed by atoms with Crippen molar-refractivity contribution in [1.29, 1.82) is 5.26 Å². The van der Waals surface area contributed by atoms with E-state index < -0.39 is 0 Å². The maximum Gasteiger partial charge on any atom is 0.112 e. The lowest BCUT2D eigenvalue weighted by Crippen LogP contribution is -2.16. The van der Waals surface area contributed by atoms with E-state index in [1.165, 1.54) is 0 Å². The van der Waals surface area contributed by atoms with Crippen molar-refractivity contribution < 1.29 is 0 Å². The van der Waals surface area contributed by atoms with Crippen molar-refractivity contribution in [2.45, 2.75) is 43.9 Å². The van der Waals surface area contributed by atoms with E-state index in [-0.39, 0.29) is 4.32 Å².